The first-order valence-corrected chi connectivity index (χ1v) is 10.6. The predicted molar refractivity (Wildman–Crippen MR) is 96.7 cm³/mol. The maximum Gasteiger partial charge on any atom is 0.341 e. The van der Waals surface area contributed by atoms with Crippen molar-refractivity contribution >= 4 is 32.8 Å². The lowest BCUT2D eigenvalue weighted by molar-refractivity contribution is 0.0931. The molecule has 1 aromatic heterocycles. The number of hydrogen-bond donors (Lipinski definition) is 1. The predicted octanol–water partition coefficient (Wildman–Crippen LogP) is 3.14. The van der Waals surface area contributed by atoms with Crippen molar-refractivity contribution in [3.05, 3.63) is 46.7 Å². The van der Waals surface area contributed by atoms with E-state index in [9.17, 15) is 22.0 Å². The van der Waals surface area contributed by atoms with Crippen LogP contribution in [0.4, 0.5) is 14.5 Å². The maximum absolute atomic E-state index is 12.9. The molecule has 3 rings (SSSR count). The summed E-state index contributed by atoms with van der Waals surface area (Å²) in [5, 5.41) is 6.56. The van der Waals surface area contributed by atoms with Gasteiger partial charge in [-0.1, -0.05) is 12.1 Å². The number of carbonyl (C=O) groups excluding carboxylic acids is 1. The van der Waals surface area contributed by atoms with Gasteiger partial charge in [-0.05, 0) is 36.4 Å². The van der Waals surface area contributed by atoms with E-state index < -0.39 is 15.6 Å². The van der Waals surface area contributed by atoms with Gasteiger partial charge in [-0.15, -0.1) is 0 Å². The lowest BCUT2D eigenvalue weighted by Gasteiger charge is -2.34. The third-order valence-electron chi connectivity index (χ3n) is 4.36. The molecular formula is C17H18F2N2O3S2. The Hall–Kier alpha value is -2.00. The SMILES string of the molecule is O=C(NC1CCN(c2ccccc2S(=O)(=O)C(F)F)CC1)c1ccsc1. The molecule has 0 atom stereocenters. The summed E-state index contributed by atoms with van der Waals surface area (Å²) in [7, 11) is -4.66. The van der Waals surface area contributed by atoms with E-state index in [1.807, 2.05) is 5.38 Å². The molecular weight excluding hydrogens is 382 g/mol. The molecule has 1 aromatic carbocycles. The third kappa shape index (κ3) is 3.88. The van der Waals surface area contributed by atoms with Gasteiger partial charge in [-0.3, -0.25) is 4.79 Å². The molecule has 1 amide bonds. The third-order valence-corrected chi connectivity index (χ3v) is 6.47. The zero-order valence-corrected chi connectivity index (χ0v) is 15.4. The van der Waals surface area contributed by atoms with Crippen LogP contribution in [0.3, 0.4) is 0 Å². The number of para-hydroxylation sites is 1. The average Bonchev–Trinajstić information content (AvgIpc) is 3.17. The smallest absolute Gasteiger partial charge is 0.341 e. The summed E-state index contributed by atoms with van der Waals surface area (Å²) in [6.07, 6.45) is 1.22. The van der Waals surface area contributed by atoms with E-state index in [4.69, 9.17) is 0 Å². The van der Waals surface area contributed by atoms with Gasteiger partial charge in [0.25, 0.3) is 5.91 Å². The standard InChI is InChI=1S/C17H18F2N2O3S2/c18-17(19)26(23,24)15-4-2-1-3-14(15)21-8-5-13(6-9-21)20-16(22)12-7-10-25-11-12/h1-4,7,10-11,13,17H,5-6,8-9H2,(H,20,22). The minimum absolute atomic E-state index is 0.0301. The summed E-state index contributed by atoms with van der Waals surface area (Å²) >= 11 is 1.45. The van der Waals surface area contributed by atoms with E-state index in [1.54, 1.807) is 28.5 Å². The summed E-state index contributed by atoms with van der Waals surface area (Å²) < 4.78 is 49.7. The van der Waals surface area contributed by atoms with E-state index in [0.29, 0.717) is 31.5 Å². The van der Waals surface area contributed by atoms with Crippen LogP contribution in [0.2, 0.25) is 0 Å². The monoisotopic (exact) mass is 400 g/mol. The van der Waals surface area contributed by atoms with Crippen LogP contribution >= 0.6 is 11.3 Å². The van der Waals surface area contributed by atoms with Crippen molar-refractivity contribution in [2.75, 3.05) is 18.0 Å². The first-order valence-electron chi connectivity index (χ1n) is 8.08. The second-order valence-corrected chi connectivity index (χ2v) is 8.69. The van der Waals surface area contributed by atoms with E-state index in [-0.39, 0.29) is 22.5 Å². The highest BCUT2D eigenvalue weighted by molar-refractivity contribution is 7.91. The van der Waals surface area contributed by atoms with Crippen molar-refractivity contribution in [2.45, 2.75) is 29.5 Å². The average molecular weight is 400 g/mol. The number of benzene rings is 1. The zero-order valence-electron chi connectivity index (χ0n) is 13.8. The summed E-state index contributed by atoms with van der Waals surface area (Å²) in [5.41, 5.74) is 0.904. The highest BCUT2D eigenvalue weighted by Crippen LogP contribution is 2.31. The topological polar surface area (TPSA) is 66.5 Å². The number of nitrogens with zero attached hydrogens (tertiary/aromatic N) is 1. The number of rotatable bonds is 5. The van der Waals surface area contributed by atoms with Crippen molar-refractivity contribution in [1.82, 2.24) is 5.32 Å². The second-order valence-electron chi connectivity index (χ2n) is 6.02. The molecule has 0 saturated carbocycles. The Morgan fingerprint density at radius 1 is 1.19 bits per heavy atom. The fraction of sp³-hybridized carbons (Fsp3) is 0.353. The normalized spacial score (nSPS) is 16.0. The van der Waals surface area contributed by atoms with Crippen LogP contribution in [0.15, 0.2) is 46.0 Å². The zero-order chi connectivity index (χ0) is 18.7. The molecule has 5 nitrogen and oxygen atoms in total. The van der Waals surface area contributed by atoms with Crippen molar-refractivity contribution in [3.8, 4) is 0 Å². The van der Waals surface area contributed by atoms with E-state index in [1.165, 1.54) is 23.5 Å². The summed E-state index contributed by atoms with van der Waals surface area (Å²) in [4.78, 5) is 13.5. The number of anilines is 1. The number of halogens is 2. The van der Waals surface area contributed by atoms with Crippen LogP contribution in [0.5, 0.6) is 0 Å². The van der Waals surface area contributed by atoms with E-state index >= 15 is 0 Å². The molecule has 26 heavy (non-hydrogen) atoms. The van der Waals surface area contributed by atoms with E-state index in [2.05, 4.69) is 5.32 Å². The highest BCUT2D eigenvalue weighted by atomic mass is 32.2. The van der Waals surface area contributed by atoms with Gasteiger partial charge < -0.3 is 10.2 Å². The molecule has 1 fully saturated rings. The molecule has 0 unspecified atom stereocenters. The number of sulfone groups is 1. The Labute approximate surface area is 154 Å². The van der Waals surface area contributed by atoms with Gasteiger partial charge in [-0.2, -0.15) is 20.1 Å². The molecule has 1 aliphatic heterocycles. The number of carbonyl (C=O) groups is 1. The molecule has 0 bridgehead atoms. The first kappa shape index (κ1) is 18.8. The fourth-order valence-electron chi connectivity index (χ4n) is 2.98. The molecule has 0 radical (unpaired) electrons. The van der Waals surface area contributed by atoms with E-state index in [0.717, 1.165) is 0 Å². The molecule has 2 heterocycles. The number of alkyl halides is 2. The van der Waals surface area contributed by atoms with Crippen molar-refractivity contribution < 1.29 is 22.0 Å². The second kappa shape index (κ2) is 7.71. The van der Waals surface area contributed by atoms with Gasteiger partial charge in [0.2, 0.25) is 9.84 Å². The maximum atomic E-state index is 12.9. The minimum Gasteiger partial charge on any atom is -0.370 e. The molecule has 0 spiro atoms. The van der Waals surface area contributed by atoms with Crippen LogP contribution in [0.25, 0.3) is 0 Å². The fourth-order valence-corrected chi connectivity index (χ4v) is 4.57. The molecule has 2 aromatic rings. The largest absolute Gasteiger partial charge is 0.370 e. The van der Waals surface area contributed by atoms with Crippen LogP contribution in [-0.2, 0) is 9.84 Å². The molecule has 1 N–H and O–H groups in total. The molecule has 140 valence electrons. The lowest BCUT2D eigenvalue weighted by atomic mass is 10.0. The molecule has 1 saturated heterocycles. The number of thiophene rings is 1. The highest BCUT2D eigenvalue weighted by Gasteiger charge is 2.31. The Kier molecular flexibility index (Phi) is 5.57. The molecule has 0 aliphatic carbocycles. The van der Waals surface area contributed by atoms with Crippen molar-refractivity contribution in [1.29, 1.82) is 0 Å². The minimum atomic E-state index is -4.66. The van der Waals surface area contributed by atoms with Crippen molar-refractivity contribution in [3.63, 3.8) is 0 Å². The number of amides is 1. The quantitative estimate of drug-likeness (QED) is 0.837. The van der Waals surface area contributed by atoms with Crippen LogP contribution in [-0.4, -0.2) is 39.2 Å². The van der Waals surface area contributed by atoms with Gasteiger partial charge in [-0.25, -0.2) is 8.42 Å². The number of piperidine rings is 1. The summed E-state index contributed by atoms with van der Waals surface area (Å²) in [5.74, 6) is -3.59. The van der Waals surface area contributed by atoms with Gasteiger partial charge in [0, 0.05) is 30.1 Å². The van der Waals surface area contributed by atoms with Gasteiger partial charge >= 0.3 is 5.76 Å². The van der Waals surface area contributed by atoms with Gasteiger partial charge in [0.15, 0.2) is 0 Å². The first-order chi connectivity index (χ1) is 12.4. The summed E-state index contributed by atoms with van der Waals surface area (Å²) in [6.45, 7) is 0.953. The van der Waals surface area contributed by atoms with Gasteiger partial charge in [0.05, 0.1) is 10.6 Å². The van der Waals surface area contributed by atoms with Crippen molar-refractivity contribution in [2.24, 2.45) is 0 Å². The van der Waals surface area contributed by atoms with Gasteiger partial charge in [0.1, 0.15) is 0 Å². The molecule has 1 aliphatic rings. The Morgan fingerprint density at radius 2 is 1.88 bits per heavy atom. The number of nitrogens with one attached hydrogen (secondary N) is 1. The summed E-state index contributed by atoms with van der Waals surface area (Å²) in [6, 6.07) is 7.54. The Balaban J connectivity index is 1.68. The number of hydrogen-bond acceptors (Lipinski definition) is 5. The van der Waals surface area contributed by atoms with Crippen LogP contribution in [0.1, 0.15) is 23.2 Å². The van der Waals surface area contributed by atoms with Crippen LogP contribution < -0.4 is 10.2 Å². The van der Waals surface area contributed by atoms with Crippen LogP contribution in [0, 0.1) is 0 Å². The molecule has 9 heteroatoms. The Bertz CT molecular complexity index is 862. The Morgan fingerprint density at radius 3 is 2.50 bits per heavy atom. The lowest BCUT2D eigenvalue weighted by Crippen LogP contribution is -2.45.